The quantitative estimate of drug-likeness (QED) is 0.871. The van der Waals surface area contributed by atoms with Gasteiger partial charge in [0, 0.05) is 18.6 Å². The predicted molar refractivity (Wildman–Crippen MR) is 89.1 cm³/mol. The van der Waals surface area contributed by atoms with Crippen molar-refractivity contribution in [2.75, 3.05) is 33.3 Å². The fraction of sp³-hybridized carbons (Fsp3) is 0.667. The molecule has 3 heteroatoms. The van der Waals surface area contributed by atoms with Gasteiger partial charge in [0.05, 0.1) is 7.11 Å². The smallest absolute Gasteiger partial charge is 0.122 e. The van der Waals surface area contributed by atoms with Gasteiger partial charge in [-0.3, -0.25) is 0 Å². The van der Waals surface area contributed by atoms with Gasteiger partial charge in [-0.05, 0) is 50.4 Å². The van der Waals surface area contributed by atoms with E-state index in [1.165, 1.54) is 31.4 Å². The summed E-state index contributed by atoms with van der Waals surface area (Å²) in [5, 5.41) is 3.78. The van der Waals surface area contributed by atoms with Crippen LogP contribution in [-0.4, -0.2) is 43.7 Å². The summed E-state index contributed by atoms with van der Waals surface area (Å²) in [6.45, 7) is 9.23. The Bertz CT molecular complexity index is 429. The van der Waals surface area contributed by atoms with Crippen molar-refractivity contribution in [3.8, 4) is 5.75 Å². The molecule has 1 aliphatic heterocycles. The van der Waals surface area contributed by atoms with Crippen molar-refractivity contribution in [3.05, 3.63) is 29.8 Å². The summed E-state index contributed by atoms with van der Waals surface area (Å²) in [7, 11) is 1.76. The molecule has 0 bridgehead atoms. The molecule has 0 radical (unpaired) electrons. The molecular formula is C18H30N2O. The lowest BCUT2D eigenvalue weighted by Gasteiger charge is -2.35. The first-order chi connectivity index (χ1) is 10.2. The molecule has 1 fully saturated rings. The lowest BCUT2D eigenvalue weighted by atomic mass is 9.92. The van der Waals surface area contributed by atoms with Gasteiger partial charge in [-0.25, -0.2) is 0 Å². The number of rotatable bonds is 6. The van der Waals surface area contributed by atoms with E-state index in [2.05, 4.69) is 42.3 Å². The van der Waals surface area contributed by atoms with Gasteiger partial charge in [0.25, 0.3) is 0 Å². The van der Waals surface area contributed by atoms with Gasteiger partial charge in [-0.15, -0.1) is 0 Å². The highest BCUT2D eigenvalue weighted by Gasteiger charge is 2.29. The molecule has 1 N–H and O–H groups in total. The summed E-state index contributed by atoms with van der Waals surface area (Å²) in [6, 6.07) is 8.38. The first kappa shape index (κ1) is 16.3. The van der Waals surface area contributed by atoms with Gasteiger partial charge < -0.3 is 15.0 Å². The maximum absolute atomic E-state index is 5.46. The Morgan fingerprint density at radius 1 is 1.24 bits per heavy atom. The molecule has 1 aromatic carbocycles. The van der Waals surface area contributed by atoms with Crippen LogP contribution in [0.1, 0.15) is 38.7 Å². The number of methoxy groups -OCH3 is 1. The highest BCUT2D eigenvalue weighted by Crippen LogP contribution is 2.22. The lowest BCUT2D eigenvalue weighted by molar-refractivity contribution is 0.198. The fourth-order valence-electron chi connectivity index (χ4n) is 3.32. The number of para-hydroxylation sites is 1. The van der Waals surface area contributed by atoms with Crippen molar-refractivity contribution in [2.45, 2.75) is 45.1 Å². The number of nitrogens with zero attached hydrogens (tertiary/aromatic N) is 1. The second-order valence-electron chi connectivity index (χ2n) is 6.11. The van der Waals surface area contributed by atoms with Crippen LogP contribution in [0.2, 0.25) is 0 Å². The van der Waals surface area contributed by atoms with Gasteiger partial charge in [0.2, 0.25) is 0 Å². The Labute approximate surface area is 129 Å². The van der Waals surface area contributed by atoms with E-state index >= 15 is 0 Å². The van der Waals surface area contributed by atoms with Crippen LogP contribution < -0.4 is 10.1 Å². The SMILES string of the molecule is CCC1(CC)CN(CCc2ccccc2OC)CCCN1. The van der Waals surface area contributed by atoms with Gasteiger partial charge in [-0.2, -0.15) is 0 Å². The molecule has 0 aliphatic carbocycles. The second-order valence-corrected chi connectivity index (χ2v) is 6.11. The normalized spacial score (nSPS) is 19.2. The summed E-state index contributed by atoms with van der Waals surface area (Å²) >= 11 is 0. The largest absolute Gasteiger partial charge is 0.496 e. The van der Waals surface area contributed by atoms with Crippen LogP contribution in [0.3, 0.4) is 0 Å². The van der Waals surface area contributed by atoms with Gasteiger partial charge in [0.15, 0.2) is 0 Å². The first-order valence-corrected chi connectivity index (χ1v) is 8.32. The van der Waals surface area contributed by atoms with Crippen molar-refractivity contribution in [3.63, 3.8) is 0 Å². The molecule has 0 unspecified atom stereocenters. The van der Waals surface area contributed by atoms with Gasteiger partial charge >= 0.3 is 0 Å². The predicted octanol–water partition coefficient (Wildman–Crippen LogP) is 3.09. The zero-order valence-corrected chi connectivity index (χ0v) is 13.8. The Morgan fingerprint density at radius 2 is 2.00 bits per heavy atom. The van der Waals surface area contributed by atoms with Crippen molar-refractivity contribution < 1.29 is 4.74 Å². The van der Waals surface area contributed by atoms with Crippen molar-refractivity contribution >= 4 is 0 Å². The highest BCUT2D eigenvalue weighted by atomic mass is 16.5. The van der Waals surface area contributed by atoms with E-state index < -0.39 is 0 Å². The monoisotopic (exact) mass is 290 g/mol. The number of ether oxygens (including phenoxy) is 1. The number of hydrogen-bond donors (Lipinski definition) is 1. The average Bonchev–Trinajstić information content (AvgIpc) is 2.76. The summed E-state index contributed by atoms with van der Waals surface area (Å²) in [5.74, 6) is 1.02. The molecule has 1 heterocycles. The standard InChI is InChI=1S/C18H30N2O/c1-4-18(5-2)15-20(13-8-12-19-18)14-11-16-9-6-7-10-17(16)21-3/h6-7,9-10,19H,4-5,8,11-15H2,1-3H3. The maximum atomic E-state index is 5.46. The summed E-state index contributed by atoms with van der Waals surface area (Å²) < 4.78 is 5.46. The molecule has 0 aromatic heterocycles. The number of nitrogens with one attached hydrogen (secondary N) is 1. The van der Waals surface area contributed by atoms with E-state index in [0.717, 1.165) is 31.8 Å². The van der Waals surface area contributed by atoms with E-state index in [1.807, 2.05) is 6.07 Å². The van der Waals surface area contributed by atoms with E-state index in [-0.39, 0.29) is 0 Å². The zero-order chi connectivity index (χ0) is 15.1. The van der Waals surface area contributed by atoms with E-state index in [4.69, 9.17) is 4.74 Å². The van der Waals surface area contributed by atoms with E-state index in [0.29, 0.717) is 5.54 Å². The lowest BCUT2D eigenvalue weighted by Crippen LogP contribution is -2.50. The summed E-state index contributed by atoms with van der Waals surface area (Å²) in [5.41, 5.74) is 1.62. The Morgan fingerprint density at radius 3 is 2.71 bits per heavy atom. The van der Waals surface area contributed by atoms with E-state index in [9.17, 15) is 0 Å². The minimum absolute atomic E-state index is 0.303. The number of hydrogen-bond acceptors (Lipinski definition) is 3. The molecule has 118 valence electrons. The maximum Gasteiger partial charge on any atom is 0.122 e. The van der Waals surface area contributed by atoms with Crippen LogP contribution in [-0.2, 0) is 6.42 Å². The Balaban J connectivity index is 1.98. The van der Waals surface area contributed by atoms with Crippen molar-refractivity contribution in [1.29, 1.82) is 0 Å². The number of benzene rings is 1. The third-order valence-corrected chi connectivity index (χ3v) is 4.92. The molecule has 0 amide bonds. The molecule has 3 nitrogen and oxygen atoms in total. The molecule has 21 heavy (non-hydrogen) atoms. The molecule has 0 spiro atoms. The van der Waals surface area contributed by atoms with Gasteiger partial charge in [-0.1, -0.05) is 32.0 Å². The van der Waals surface area contributed by atoms with Crippen LogP contribution >= 0.6 is 0 Å². The molecule has 1 aliphatic rings. The third kappa shape index (κ3) is 4.21. The summed E-state index contributed by atoms with van der Waals surface area (Å²) in [4.78, 5) is 2.62. The summed E-state index contributed by atoms with van der Waals surface area (Å²) in [6.07, 6.45) is 4.71. The van der Waals surface area contributed by atoms with Gasteiger partial charge in [0.1, 0.15) is 5.75 Å². The van der Waals surface area contributed by atoms with Crippen LogP contribution in [0, 0.1) is 0 Å². The Hall–Kier alpha value is -1.06. The molecule has 0 atom stereocenters. The molecule has 2 rings (SSSR count). The molecule has 1 aromatic rings. The average molecular weight is 290 g/mol. The molecule has 1 saturated heterocycles. The molecular weight excluding hydrogens is 260 g/mol. The van der Waals surface area contributed by atoms with Crippen LogP contribution in [0.4, 0.5) is 0 Å². The van der Waals surface area contributed by atoms with E-state index in [1.54, 1.807) is 7.11 Å². The first-order valence-electron chi connectivity index (χ1n) is 8.32. The molecule has 0 saturated carbocycles. The van der Waals surface area contributed by atoms with Crippen LogP contribution in [0.5, 0.6) is 5.75 Å². The zero-order valence-electron chi connectivity index (χ0n) is 13.8. The highest BCUT2D eigenvalue weighted by molar-refractivity contribution is 5.33. The fourth-order valence-corrected chi connectivity index (χ4v) is 3.32. The van der Waals surface area contributed by atoms with Crippen molar-refractivity contribution in [1.82, 2.24) is 10.2 Å². The minimum Gasteiger partial charge on any atom is -0.496 e. The Kier molecular flexibility index (Phi) is 6.07. The third-order valence-electron chi connectivity index (χ3n) is 4.92. The van der Waals surface area contributed by atoms with Crippen LogP contribution in [0.15, 0.2) is 24.3 Å². The van der Waals surface area contributed by atoms with Crippen LogP contribution in [0.25, 0.3) is 0 Å². The van der Waals surface area contributed by atoms with Crippen molar-refractivity contribution in [2.24, 2.45) is 0 Å². The topological polar surface area (TPSA) is 24.5 Å². The minimum atomic E-state index is 0.303. The second kappa shape index (κ2) is 7.81.